The normalized spacial score (nSPS) is 21.1. The molecule has 0 bridgehead atoms. The van der Waals surface area contributed by atoms with Crippen LogP contribution < -0.4 is 16.4 Å². The average molecular weight is 321 g/mol. The Morgan fingerprint density at radius 3 is 2.92 bits per heavy atom. The lowest BCUT2D eigenvalue weighted by Crippen LogP contribution is -2.43. The lowest BCUT2D eigenvalue weighted by Gasteiger charge is -2.30. The minimum absolute atomic E-state index is 0.107. The summed E-state index contributed by atoms with van der Waals surface area (Å²) in [6.45, 7) is 2.01. The van der Waals surface area contributed by atoms with Crippen LogP contribution in [0.25, 0.3) is 0 Å². The van der Waals surface area contributed by atoms with Crippen LogP contribution in [0.15, 0.2) is 40.1 Å². The summed E-state index contributed by atoms with van der Waals surface area (Å²) in [6.07, 6.45) is 1.49. The third-order valence-electron chi connectivity index (χ3n) is 4.41. The largest absolute Gasteiger partial charge is 0.425 e. The molecule has 120 valence electrons. The molecule has 4 N–H and O–H groups in total. The monoisotopic (exact) mass is 321 g/mol. The summed E-state index contributed by atoms with van der Waals surface area (Å²) in [5.41, 5.74) is 6.50. The number of benzene rings is 1. The van der Waals surface area contributed by atoms with Crippen LogP contribution in [0.3, 0.4) is 0 Å². The summed E-state index contributed by atoms with van der Waals surface area (Å²) >= 11 is 0. The van der Waals surface area contributed by atoms with Crippen molar-refractivity contribution in [3.05, 3.63) is 52.8 Å². The number of nitriles is 1. The van der Waals surface area contributed by atoms with Crippen LogP contribution in [0.4, 0.5) is 11.6 Å². The maximum atomic E-state index is 13.0. The summed E-state index contributed by atoms with van der Waals surface area (Å²) in [7, 11) is 0. The first-order chi connectivity index (χ1) is 11.6. The van der Waals surface area contributed by atoms with E-state index in [1.54, 1.807) is 12.1 Å². The number of hydrogen-bond acceptors (Lipinski definition) is 6. The highest BCUT2D eigenvalue weighted by Crippen LogP contribution is 2.52. The number of nitrogens with one attached hydrogen (secondary N) is 2. The molecule has 2 aliphatic heterocycles. The van der Waals surface area contributed by atoms with Gasteiger partial charge < -0.3 is 20.8 Å². The third kappa shape index (κ3) is 1.60. The molecule has 0 unspecified atom stereocenters. The lowest BCUT2D eigenvalue weighted by atomic mass is 9.71. The Labute approximate surface area is 138 Å². The van der Waals surface area contributed by atoms with Crippen molar-refractivity contribution < 1.29 is 9.21 Å². The van der Waals surface area contributed by atoms with Crippen molar-refractivity contribution in [2.24, 2.45) is 5.73 Å². The number of nitrogens with two attached hydrogens (primary N) is 1. The Balaban J connectivity index is 2.06. The molecule has 0 saturated heterocycles. The molecule has 1 spiro atoms. The van der Waals surface area contributed by atoms with Crippen LogP contribution in [0, 0.1) is 11.3 Å². The van der Waals surface area contributed by atoms with Gasteiger partial charge in [-0.25, -0.2) is 4.98 Å². The predicted molar refractivity (Wildman–Crippen MR) is 86.8 cm³/mol. The van der Waals surface area contributed by atoms with E-state index in [-0.39, 0.29) is 17.3 Å². The van der Waals surface area contributed by atoms with Crippen molar-refractivity contribution in [2.75, 3.05) is 10.6 Å². The molecule has 1 aromatic carbocycles. The Morgan fingerprint density at radius 2 is 2.17 bits per heavy atom. The first-order valence-corrected chi connectivity index (χ1v) is 7.71. The number of aromatic nitrogens is 1. The van der Waals surface area contributed by atoms with Gasteiger partial charge in [0.1, 0.15) is 17.6 Å². The first-order valence-electron chi connectivity index (χ1n) is 7.71. The van der Waals surface area contributed by atoms with Crippen molar-refractivity contribution in [1.29, 1.82) is 5.26 Å². The SMILES string of the molecule is CCCc1nc2c(o1)NC(N)=C(C#N)[C@]21C(=O)Nc2ccccc21. The van der Waals surface area contributed by atoms with Gasteiger partial charge in [-0.15, -0.1) is 0 Å². The molecule has 0 saturated carbocycles. The highest BCUT2D eigenvalue weighted by Gasteiger charge is 2.58. The van der Waals surface area contributed by atoms with E-state index in [4.69, 9.17) is 10.2 Å². The van der Waals surface area contributed by atoms with E-state index in [0.717, 1.165) is 6.42 Å². The highest BCUT2D eigenvalue weighted by molar-refractivity contribution is 6.12. The summed E-state index contributed by atoms with van der Waals surface area (Å²) in [4.78, 5) is 17.5. The van der Waals surface area contributed by atoms with Gasteiger partial charge in [-0.05, 0) is 12.5 Å². The fourth-order valence-electron chi connectivity index (χ4n) is 3.41. The molecular formula is C17H15N5O2. The summed E-state index contributed by atoms with van der Waals surface area (Å²) < 4.78 is 5.73. The molecular weight excluding hydrogens is 306 g/mol. The van der Waals surface area contributed by atoms with E-state index in [2.05, 4.69) is 21.7 Å². The number of anilines is 2. The zero-order valence-electron chi connectivity index (χ0n) is 13.0. The van der Waals surface area contributed by atoms with E-state index in [0.29, 0.717) is 35.1 Å². The second kappa shape index (κ2) is 4.86. The topological polar surface area (TPSA) is 117 Å². The quantitative estimate of drug-likeness (QED) is 0.778. The smallest absolute Gasteiger partial charge is 0.246 e. The van der Waals surface area contributed by atoms with Crippen LogP contribution in [0.2, 0.25) is 0 Å². The van der Waals surface area contributed by atoms with Gasteiger partial charge in [0, 0.05) is 17.7 Å². The van der Waals surface area contributed by atoms with Crippen molar-refractivity contribution in [2.45, 2.75) is 25.2 Å². The Kier molecular flexibility index (Phi) is 2.90. The van der Waals surface area contributed by atoms with E-state index >= 15 is 0 Å². The molecule has 2 aromatic rings. The number of aryl methyl sites for hydroxylation is 1. The molecule has 24 heavy (non-hydrogen) atoms. The number of amides is 1. The number of fused-ring (bicyclic) bond motifs is 4. The fourth-order valence-corrected chi connectivity index (χ4v) is 3.41. The molecule has 0 aliphatic carbocycles. The average Bonchev–Trinajstić information content (AvgIpc) is 3.08. The van der Waals surface area contributed by atoms with E-state index < -0.39 is 5.41 Å². The molecule has 7 nitrogen and oxygen atoms in total. The van der Waals surface area contributed by atoms with Gasteiger partial charge in [-0.3, -0.25) is 4.79 Å². The second-order valence-electron chi connectivity index (χ2n) is 5.81. The van der Waals surface area contributed by atoms with Crippen LogP contribution in [0.5, 0.6) is 0 Å². The number of oxazole rings is 1. The van der Waals surface area contributed by atoms with E-state index in [1.807, 2.05) is 19.1 Å². The zero-order valence-corrected chi connectivity index (χ0v) is 13.0. The minimum Gasteiger partial charge on any atom is -0.425 e. The van der Waals surface area contributed by atoms with Gasteiger partial charge >= 0.3 is 0 Å². The molecule has 1 aromatic heterocycles. The maximum Gasteiger partial charge on any atom is 0.246 e. The fraction of sp³-hybridized carbons (Fsp3) is 0.235. The number of carbonyl (C=O) groups excluding carboxylic acids is 1. The van der Waals surface area contributed by atoms with E-state index in [9.17, 15) is 10.1 Å². The number of rotatable bonds is 2. The van der Waals surface area contributed by atoms with Gasteiger partial charge in [0.25, 0.3) is 0 Å². The number of hydrogen-bond donors (Lipinski definition) is 3. The molecule has 1 amide bonds. The van der Waals surface area contributed by atoms with Gasteiger partial charge in [-0.2, -0.15) is 5.26 Å². The standard InChI is InChI=1S/C17H15N5O2/c1-2-5-12-21-13-15(24-12)22-14(19)10(8-18)17(13)9-6-3-4-7-11(9)20-16(17)23/h3-4,6-7,22H,2,5,19H2,1H3,(H,20,23)/t17-/m0/s1. The Morgan fingerprint density at radius 1 is 1.38 bits per heavy atom. The van der Waals surface area contributed by atoms with Gasteiger partial charge in [-0.1, -0.05) is 25.1 Å². The first kappa shape index (κ1) is 14.3. The van der Waals surface area contributed by atoms with Gasteiger partial charge in [0.15, 0.2) is 11.3 Å². The number of carbonyl (C=O) groups is 1. The van der Waals surface area contributed by atoms with Crippen LogP contribution >= 0.6 is 0 Å². The van der Waals surface area contributed by atoms with Crippen molar-refractivity contribution in [3.8, 4) is 6.07 Å². The molecule has 1 atom stereocenters. The van der Waals surface area contributed by atoms with Crippen molar-refractivity contribution >= 4 is 17.5 Å². The summed E-state index contributed by atoms with van der Waals surface area (Å²) in [5, 5.41) is 15.4. The Bertz CT molecular complexity index is 937. The van der Waals surface area contributed by atoms with Crippen LogP contribution in [-0.2, 0) is 16.6 Å². The summed E-state index contributed by atoms with van der Waals surface area (Å²) in [5.74, 6) is 0.596. The molecule has 7 heteroatoms. The molecule has 0 radical (unpaired) electrons. The number of para-hydroxylation sites is 1. The van der Waals surface area contributed by atoms with Gasteiger partial charge in [0.2, 0.25) is 11.8 Å². The lowest BCUT2D eigenvalue weighted by molar-refractivity contribution is -0.118. The minimum atomic E-state index is -1.37. The predicted octanol–water partition coefficient (Wildman–Crippen LogP) is 1.98. The molecule has 3 heterocycles. The van der Waals surface area contributed by atoms with Crippen molar-refractivity contribution in [1.82, 2.24) is 4.98 Å². The van der Waals surface area contributed by atoms with Gasteiger partial charge in [0.05, 0.1) is 5.57 Å². The van der Waals surface area contributed by atoms with Crippen molar-refractivity contribution in [3.63, 3.8) is 0 Å². The zero-order chi connectivity index (χ0) is 16.9. The molecule has 0 fully saturated rings. The Hall–Kier alpha value is -3.27. The third-order valence-corrected chi connectivity index (χ3v) is 4.41. The molecule has 2 aliphatic rings. The maximum absolute atomic E-state index is 13.0. The summed E-state index contributed by atoms with van der Waals surface area (Å²) in [6, 6.07) is 9.33. The molecule has 4 rings (SSSR count). The second-order valence-corrected chi connectivity index (χ2v) is 5.81. The van der Waals surface area contributed by atoms with Crippen LogP contribution in [-0.4, -0.2) is 10.9 Å². The number of nitrogens with zero attached hydrogens (tertiary/aromatic N) is 2. The van der Waals surface area contributed by atoms with Crippen LogP contribution in [0.1, 0.15) is 30.5 Å². The van der Waals surface area contributed by atoms with E-state index in [1.165, 1.54) is 0 Å². The highest BCUT2D eigenvalue weighted by atomic mass is 16.4.